The van der Waals surface area contributed by atoms with E-state index in [1.807, 2.05) is 17.1 Å². The average Bonchev–Trinajstić information content (AvgIpc) is 3.03. The van der Waals surface area contributed by atoms with Crippen LogP contribution in [-0.2, 0) is 9.53 Å². The summed E-state index contributed by atoms with van der Waals surface area (Å²) in [6.07, 6.45) is 6.24. The maximum absolute atomic E-state index is 11.3. The number of hydrogen-bond acceptors (Lipinski definition) is 8. The number of halogens is 1. The molecule has 1 aliphatic carbocycles. The first-order valence-electron chi connectivity index (χ1n) is 8.51. The molecule has 1 fully saturated rings. The maximum Gasteiger partial charge on any atom is 0.306 e. The fourth-order valence-corrected chi connectivity index (χ4v) is 5.06. The first kappa shape index (κ1) is 20.0. The van der Waals surface area contributed by atoms with Crippen LogP contribution in [0.2, 0.25) is 0 Å². The van der Waals surface area contributed by atoms with Crippen LogP contribution in [0.25, 0.3) is 11.0 Å². The largest absolute Gasteiger partial charge is 0.466 e. The van der Waals surface area contributed by atoms with E-state index in [9.17, 15) is 4.79 Å². The Kier molecular flexibility index (Phi) is 7.29. The van der Waals surface area contributed by atoms with Gasteiger partial charge in [0.25, 0.3) is 0 Å². The number of rotatable bonds is 9. The first-order valence-corrected chi connectivity index (χ1v) is 12.8. The number of hydrogen-bond donors (Lipinski definition) is 1. The summed E-state index contributed by atoms with van der Waals surface area (Å²) in [5.74, 6) is 1.60. The van der Waals surface area contributed by atoms with Crippen molar-refractivity contribution in [1.82, 2.24) is 18.7 Å². The lowest BCUT2D eigenvalue weighted by atomic mass is 9.86. The normalized spacial score (nSPS) is 19.3. The molecular formula is C16H22IN5O2S2. The Hall–Kier alpha value is -0.720. The molecule has 0 aromatic carbocycles. The highest BCUT2D eigenvalue weighted by molar-refractivity contribution is 14.2. The number of aromatic nitrogens is 3. The zero-order valence-corrected chi connectivity index (χ0v) is 18.5. The van der Waals surface area contributed by atoms with Crippen molar-refractivity contribution in [3.63, 3.8) is 0 Å². The topological polar surface area (TPSA) is 72.3 Å². The molecule has 0 unspecified atom stereocenters. The number of ether oxygens (including phenoxy) is 1. The third-order valence-corrected chi connectivity index (χ3v) is 7.08. The SMILES string of the molecule is CCOC(=O)CCSN[C@H]1C[C@@H](N(C)c2ncnc3c2ccn3SI)C1. The molecule has 3 rings (SSSR count). The highest BCUT2D eigenvalue weighted by Crippen LogP contribution is 2.33. The summed E-state index contributed by atoms with van der Waals surface area (Å²) in [5.41, 5.74) is 0.949. The highest BCUT2D eigenvalue weighted by atomic mass is 127. The van der Waals surface area contributed by atoms with Crippen LogP contribution in [0.15, 0.2) is 18.6 Å². The fraction of sp³-hybridized carbons (Fsp3) is 0.562. The molecule has 0 atom stereocenters. The Morgan fingerprint density at radius 1 is 1.50 bits per heavy atom. The Morgan fingerprint density at radius 2 is 2.31 bits per heavy atom. The number of fused-ring (bicyclic) bond motifs is 1. The van der Waals surface area contributed by atoms with E-state index in [2.05, 4.69) is 53.9 Å². The summed E-state index contributed by atoms with van der Waals surface area (Å²) in [6.45, 7) is 2.28. The van der Waals surface area contributed by atoms with Crippen LogP contribution in [0, 0.1) is 0 Å². The van der Waals surface area contributed by atoms with Crippen LogP contribution >= 0.6 is 42.3 Å². The van der Waals surface area contributed by atoms with Crippen LogP contribution in [0.1, 0.15) is 26.2 Å². The van der Waals surface area contributed by atoms with Gasteiger partial charge < -0.3 is 9.64 Å². The Morgan fingerprint density at radius 3 is 3.04 bits per heavy atom. The van der Waals surface area contributed by atoms with Gasteiger partial charge >= 0.3 is 5.97 Å². The van der Waals surface area contributed by atoms with Crippen LogP contribution < -0.4 is 9.62 Å². The second-order valence-electron chi connectivity index (χ2n) is 6.10. The second-order valence-corrected chi connectivity index (χ2v) is 8.75. The first-order chi connectivity index (χ1) is 12.6. The van der Waals surface area contributed by atoms with Gasteiger partial charge in [-0.05, 0) is 25.8 Å². The van der Waals surface area contributed by atoms with Gasteiger partial charge in [-0.25, -0.2) is 9.97 Å². The monoisotopic (exact) mass is 507 g/mol. The van der Waals surface area contributed by atoms with Gasteiger partial charge in [-0.2, -0.15) is 0 Å². The molecule has 1 N–H and O–H groups in total. The number of nitrogens with zero attached hydrogens (tertiary/aromatic N) is 4. The predicted octanol–water partition coefficient (Wildman–Crippen LogP) is 3.44. The van der Waals surface area contributed by atoms with Crippen LogP contribution in [0.5, 0.6) is 0 Å². The van der Waals surface area contributed by atoms with Gasteiger partial charge in [-0.3, -0.25) is 13.5 Å². The van der Waals surface area contributed by atoms with Crippen molar-refractivity contribution >= 4 is 65.1 Å². The van der Waals surface area contributed by atoms with Crippen LogP contribution in [-0.4, -0.2) is 51.4 Å². The molecule has 10 heteroatoms. The van der Waals surface area contributed by atoms with Crippen molar-refractivity contribution in [3.05, 3.63) is 18.6 Å². The zero-order chi connectivity index (χ0) is 18.5. The summed E-state index contributed by atoms with van der Waals surface area (Å²) in [7, 11) is 3.70. The van der Waals surface area contributed by atoms with Crippen molar-refractivity contribution in [2.75, 3.05) is 24.3 Å². The molecule has 0 spiro atoms. The van der Waals surface area contributed by atoms with Crippen LogP contribution in [0.3, 0.4) is 0 Å². The molecule has 0 bridgehead atoms. The number of anilines is 1. The Balaban J connectivity index is 1.47. The Bertz CT molecular complexity index is 753. The lowest BCUT2D eigenvalue weighted by molar-refractivity contribution is -0.142. The van der Waals surface area contributed by atoms with Gasteiger partial charge in [0.1, 0.15) is 12.1 Å². The van der Waals surface area contributed by atoms with Gasteiger partial charge in [0, 0.05) is 61.4 Å². The average molecular weight is 507 g/mol. The second kappa shape index (κ2) is 9.47. The molecule has 2 aromatic heterocycles. The number of carbonyl (C=O) groups is 1. The zero-order valence-electron chi connectivity index (χ0n) is 14.7. The number of esters is 1. The lowest BCUT2D eigenvalue weighted by Crippen LogP contribution is -2.50. The molecule has 7 nitrogen and oxygen atoms in total. The lowest BCUT2D eigenvalue weighted by Gasteiger charge is -2.42. The minimum Gasteiger partial charge on any atom is -0.466 e. The molecule has 142 valence electrons. The minimum absolute atomic E-state index is 0.127. The van der Waals surface area contributed by atoms with Gasteiger partial charge in [-0.15, -0.1) is 0 Å². The summed E-state index contributed by atoms with van der Waals surface area (Å²) in [4.78, 5) is 22.5. The molecule has 1 saturated carbocycles. The number of nitrogens with one attached hydrogen (secondary N) is 1. The molecule has 2 heterocycles. The maximum atomic E-state index is 11.3. The third-order valence-electron chi connectivity index (χ3n) is 4.46. The van der Waals surface area contributed by atoms with Gasteiger partial charge in [0.05, 0.1) is 18.4 Å². The van der Waals surface area contributed by atoms with Crippen LogP contribution in [0.4, 0.5) is 5.82 Å². The molecule has 2 aromatic rings. The van der Waals surface area contributed by atoms with Gasteiger partial charge in [-0.1, -0.05) is 11.9 Å². The van der Waals surface area contributed by atoms with Gasteiger partial charge in [0.2, 0.25) is 0 Å². The molecule has 0 aliphatic heterocycles. The van der Waals surface area contributed by atoms with E-state index in [1.54, 1.807) is 27.4 Å². The Labute approximate surface area is 173 Å². The van der Waals surface area contributed by atoms with Crippen molar-refractivity contribution in [1.29, 1.82) is 0 Å². The van der Waals surface area contributed by atoms with E-state index >= 15 is 0 Å². The molecule has 1 aliphatic rings. The van der Waals surface area contributed by atoms with E-state index in [0.29, 0.717) is 25.1 Å². The summed E-state index contributed by atoms with van der Waals surface area (Å²) >= 11 is 3.86. The minimum atomic E-state index is -0.127. The molecule has 0 saturated heterocycles. The molecule has 0 amide bonds. The molecular weight excluding hydrogens is 485 g/mol. The van der Waals surface area contributed by atoms with Gasteiger partial charge in [0.15, 0.2) is 5.65 Å². The van der Waals surface area contributed by atoms with E-state index in [0.717, 1.165) is 35.4 Å². The molecule has 26 heavy (non-hydrogen) atoms. The van der Waals surface area contributed by atoms with Crippen molar-refractivity contribution in [2.45, 2.75) is 38.3 Å². The van der Waals surface area contributed by atoms with E-state index in [-0.39, 0.29) is 5.97 Å². The van der Waals surface area contributed by atoms with Crippen molar-refractivity contribution in [3.8, 4) is 0 Å². The standard InChI is InChI=1S/C16H22IN5O2S2/c1-3-24-14(23)5-7-25-20-11-8-12(9-11)21(2)15-13-4-6-22(26-17)16(13)19-10-18-15/h4,6,10-12,20H,3,5,7-9H2,1-2H3/t11-,12+. The summed E-state index contributed by atoms with van der Waals surface area (Å²) < 4.78 is 10.4. The van der Waals surface area contributed by atoms with E-state index in [4.69, 9.17) is 4.74 Å². The highest BCUT2D eigenvalue weighted by Gasteiger charge is 2.33. The van der Waals surface area contributed by atoms with Crippen molar-refractivity contribution < 1.29 is 9.53 Å². The van der Waals surface area contributed by atoms with Crippen molar-refractivity contribution in [2.24, 2.45) is 0 Å². The fourth-order valence-electron chi connectivity index (χ4n) is 2.97. The summed E-state index contributed by atoms with van der Waals surface area (Å²) in [6, 6.07) is 3.01. The molecule has 0 radical (unpaired) electrons. The smallest absolute Gasteiger partial charge is 0.306 e. The third kappa shape index (κ3) is 4.57. The number of carbonyl (C=O) groups excluding carboxylic acids is 1. The van der Waals surface area contributed by atoms with E-state index < -0.39 is 0 Å². The van der Waals surface area contributed by atoms with E-state index in [1.165, 1.54) is 0 Å². The quantitative estimate of drug-likeness (QED) is 0.240. The predicted molar refractivity (Wildman–Crippen MR) is 117 cm³/mol. The summed E-state index contributed by atoms with van der Waals surface area (Å²) in [5, 5.41) is 1.08.